The first-order valence-corrected chi connectivity index (χ1v) is 6.92. The molecule has 0 bridgehead atoms. The Kier molecular flexibility index (Phi) is 3.77. The van der Waals surface area contributed by atoms with Crippen LogP contribution in [-0.2, 0) is 10.0 Å². The van der Waals surface area contributed by atoms with Gasteiger partial charge in [-0.25, -0.2) is 26.0 Å². The number of hydrogen-bond acceptors (Lipinski definition) is 3. The van der Waals surface area contributed by atoms with E-state index >= 15 is 0 Å². The van der Waals surface area contributed by atoms with E-state index in [0.717, 1.165) is 18.2 Å². The normalized spacial score (nSPS) is 11.4. The topological polar surface area (TPSA) is 72.2 Å². The van der Waals surface area contributed by atoms with E-state index < -0.39 is 49.6 Å². The first-order chi connectivity index (χ1) is 9.74. The van der Waals surface area contributed by atoms with Crippen molar-refractivity contribution in [1.82, 2.24) is 0 Å². The quantitative estimate of drug-likeness (QED) is 0.519. The number of rotatable bonds is 3. The highest BCUT2D eigenvalue weighted by Crippen LogP contribution is 2.26. The molecule has 0 radical (unpaired) electrons. The Morgan fingerprint density at radius 1 is 0.905 bits per heavy atom. The molecule has 0 aliphatic rings. The smallest absolute Gasteiger partial charge is 0.264 e. The summed E-state index contributed by atoms with van der Waals surface area (Å²) < 4.78 is 78.1. The largest absolute Gasteiger partial charge is 0.395 e. The van der Waals surface area contributed by atoms with Crippen molar-refractivity contribution in [1.29, 1.82) is 0 Å². The summed E-state index contributed by atoms with van der Waals surface area (Å²) in [4.78, 5) is -0.647. The van der Waals surface area contributed by atoms with E-state index in [1.165, 1.54) is 0 Å². The van der Waals surface area contributed by atoms with Gasteiger partial charge in [-0.05, 0) is 24.3 Å². The molecule has 0 fully saturated rings. The Morgan fingerprint density at radius 2 is 1.57 bits per heavy atom. The highest BCUT2D eigenvalue weighted by Gasteiger charge is 2.23. The highest BCUT2D eigenvalue weighted by molar-refractivity contribution is 7.92. The molecule has 0 unspecified atom stereocenters. The third-order valence-electron chi connectivity index (χ3n) is 2.58. The number of hydrogen-bond donors (Lipinski definition) is 2. The van der Waals surface area contributed by atoms with Crippen molar-refractivity contribution in [3.05, 3.63) is 53.6 Å². The van der Waals surface area contributed by atoms with Crippen LogP contribution in [0.5, 0.6) is 0 Å². The lowest BCUT2D eigenvalue weighted by Gasteiger charge is -2.11. The van der Waals surface area contributed by atoms with Crippen LogP contribution >= 0.6 is 0 Å². The molecule has 0 saturated carbocycles. The van der Waals surface area contributed by atoms with Gasteiger partial charge in [0.15, 0.2) is 17.5 Å². The monoisotopic (exact) mass is 320 g/mol. The van der Waals surface area contributed by atoms with Gasteiger partial charge in [0.2, 0.25) is 0 Å². The van der Waals surface area contributed by atoms with Crippen molar-refractivity contribution in [3.63, 3.8) is 0 Å². The molecule has 2 aromatic carbocycles. The van der Waals surface area contributed by atoms with Crippen molar-refractivity contribution in [3.8, 4) is 0 Å². The average Bonchev–Trinajstić information content (AvgIpc) is 2.42. The van der Waals surface area contributed by atoms with Gasteiger partial charge in [-0.2, -0.15) is 0 Å². The summed E-state index contributed by atoms with van der Waals surface area (Å²) in [5.41, 5.74) is 3.80. The van der Waals surface area contributed by atoms with Crippen LogP contribution in [0.4, 0.5) is 28.9 Å². The van der Waals surface area contributed by atoms with Gasteiger partial charge in [0.05, 0.1) is 11.4 Å². The van der Waals surface area contributed by atoms with Crippen molar-refractivity contribution < 1.29 is 26.0 Å². The summed E-state index contributed by atoms with van der Waals surface area (Å²) >= 11 is 0. The maximum atomic E-state index is 13.4. The van der Waals surface area contributed by atoms with Crippen LogP contribution in [0.3, 0.4) is 0 Å². The fraction of sp³-hybridized carbons (Fsp3) is 0. The van der Waals surface area contributed by atoms with E-state index in [9.17, 15) is 26.0 Å². The number of nitrogens with two attached hydrogens (primary N) is 1. The molecule has 0 aliphatic carbocycles. The number of halogens is 4. The van der Waals surface area contributed by atoms with Crippen LogP contribution in [-0.4, -0.2) is 8.42 Å². The Morgan fingerprint density at radius 3 is 2.24 bits per heavy atom. The van der Waals surface area contributed by atoms with Gasteiger partial charge >= 0.3 is 0 Å². The zero-order valence-corrected chi connectivity index (χ0v) is 11.0. The minimum Gasteiger partial charge on any atom is -0.395 e. The molecule has 0 amide bonds. The SMILES string of the molecule is Nc1c(F)cccc1S(=O)(=O)Nc1ccc(F)c(F)c1F. The molecular weight excluding hydrogens is 312 g/mol. The zero-order chi connectivity index (χ0) is 15.8. The predicted octanol–water partition coefficient (Wildman–Crippen LogP) is 2.63. The average molecular weight is 320 g/mol. The molecule has 0 atom stereocenters. The first-order valence-electron chi connectivity index (χ1n) is 5.44. The number of nitrogens with one attached hydrogen (secondary N) is 1. The van der Waals surface area contributed by atoms with Crippen molar-refractivity contribution in [2.75, 3.05) is 10.5 Å². The summed E-state index contributed by atoms with van der Waals surface area (Å²) in [6.07, 6.45) is 0. The number of nitrogen functional groups attached to an aromatic ring is 1. The molecule has 0 heterocycles. The summed E-state index contributed by atoms with van der Waals surface area (Å²) in [6, 6.07) is 4.25. The summed E-state index contributed by atoms with van der Waals surface area (Å²) in [7, 11) is -4.46. The van der Waals surface area contributed by atoms with Crippen LogP contribution in [0.15, 0.2) is 35.2 Å². The number of sulfonamides is 1. The number of anilines is 2. The van der Waals surface area contributed by atoms with E-state index in [4.69, 9.17) is 5.73 Å². The lowest BCUT2D eigenvalue weighted by atomic mass is 10.3. The van der Waals surface area contributed by atoms with Crippen molar-refractivity contribution >= 4 is 21.4 Å². The van der Waals surface area contributed by atoms with Gasteiger partial charge in [-0.15, -0.1) is 0 Å². The molecule has 0 saturated heterocycles. The molecule has 21 heavy (non-hydrogen) atoms. The zero-order valence-electron chi connectivity index (χ0n) is 10.2. The Balaban J connectivity index is 2.48. The minimum atomic E-state index is -4.46. The number of benzene rings is 2. The van der Waals surface area contributed by atoms with Gasteiger partial charge in [0, 0.05) is 0 Å². The lowest BCUT2D eigenvalue weighted by Crippen LogP contribution is -2.17. The second kappa shape index (κ2) is 5.24. The second-order valence-corrected chi connectivity index (χ2v) is 5.63. The van der Waals surface area contributed by atoms with Gasteiger partial charge in [-0.3, -0.25) is 4.72 Å². The molecule has 3 N–H and O–H groups in total. The molecule has 2 rings (SSSR count). The standard InChI is InChI=1S/C12H8F4N2O2S/c13-6-4-5-8(11(16)10(6)15)18-21(19,20)9-3-1-2-7(14)12(9)17/h1-5,18H,17H2. The maximum absolute atomic E-state index is 13.4. The third kappa shape index (κ3) is 2.77. The lowest BCUT2D eigenvalue weighted by molar-refractivity contribution is 0.449. The number of para-hydroxylation sites is 1. The molecule has 2 aromatic rings. The Bertz CT molecular complexity index is 809. The summed E-state index contributed by atoms with van der Waals surface area (Å²) in [6.45, 7) is 0. The van der Waals surface area contributed by atoms with E-state index in [-0.39, 0.29) is 0 Å². The molecule has 4 nitrogen and oxygen atoms in total. The Labute approximate surface area is 117 Å². The third-order valence-corrected chi connectivity index (χ3v) is 4.01. The van der Waals surface area contributed by atoms with Gasteiger partial charge in [0.25, 0.3) is 10.0 Å². The molecule has 0 aromatic heterocycles. The second-order valence-electron chi connectivity index (χ2n) is 3.98. The fourth-order valence-electron chi connectivity index (χ4n) is 1.56. The minimum absolute atomic E-state index is 0.547. The van der Waals surface area contributed by atoms with E-state index in [0.29, 0.717) is 12.1 Å². The van der Waals surface area contributed by atoms with Gasteiger partial charge in [0.1, 0.15) is 10.7 Å². The summed E-state index contributed by atoms with van der Waals surface area (Å²) in [5.74, 6) is -6.00. The van der Waals surface area contributed by atoms with E-state index in [2.05, 4.69) is 0 Å². The van der Waals surface area contributed by atoms with Crippen LogP contribution < -0.4 is 10.5 Å². The maximum Gasteiger partial charge on any atom is 0.264 e. The van der Waals surface area contributed by atoms with Crippen molar-refractivity contribution in [2.24, 2.45) is 0 Å². The van der Waals surface area contributed by atoms with Crippen LogP contribution in [0.1, 0.15) is 0 Å². The van der Waals surface area contributed by atoms with Crippen molar-refractivity contribution in [2.45, 2.75) is 4.90 Å². The molecule has 112 valence electrons. The van der Waals surface area contributed by atoms with Gasteiger partial charge in [-0.1, -0.05) is 6.07 Å². The summed E-state index contributed by atoms with van der Waals surface area (Å²) in [5, 5.41) is 0. The van der Waals surface area contributed by atoms with Crippen LogP contribution in [0, 0.1) is 23.3 Å². The molecular formula is C12H8F4N2O2S. The Hall–Kier alpha value is -2.29. The fourth-order valence-corrected chi connectivity index (χ4v) is 2.76. The van der Waals surface area contributed by atoms with E-state index in [1.807, 2.05) is 0 Å². The first kappa shape index (κ1) is 15.1. The highest BCUT2D eigenvalue weighted by atomic mass is 32.2. The molecule has 9 heteroatoms. The van der Waals surface area contributed by atoms with E-state index in [1.54, 1.807) is 4.72 Å². The predicted molar refractivity (Wildman–Crippen MR) is 67.9 cm³/mol. The molecule has 0 aliphatic heterocycles. The van der Waals surface area contributed by atoms with Crippen LogP contribution in [0.25, 0.3) is 0 Å². The van der Waals surface area contributed by atoms with Crippen LogP contribution in [0.2, 0.25) is 0 Å². The van der Waals surface area contributed by atoms with Gasteiger partial charge < -0.3 is 5.73 Å². The molecule has 0 spiro atoms.